The fourth-order valence-electron chi connectivity index (χ4n) is 1.48. The number of amides is 1. The van der Waals surface area contributed by atoms with Crippen LogP contribution >= 0.6 is 11.3 Å². The molecule has 2 N–H and O–H groups in total. The molecule has 0 aliphatic carbocycles. The van der Waals surface area contributed by atoms with Crippen molar-refractivity contribution < 1.29 is 9.18 Å². The summed E-state index contributed by atoms with van der Waals surface area (Å²) in [6, 6.07) is 1.45. The van der Waals surface area contributed by atoms with Gasteiger partial charge in [-0.05, 0) is 24.4 Å². The predicted octanol–water partition coefficient (Wildman–Crippen LogP) is 0.979. The highest BCUT2D eigenvalue weighted by molar-refractivity contribution is 7.12. The van der Waals surface area contributed by atoms with E-state index in [-0.39, 0.29) is 16.8 Å². The van der Waals surface area contributed by atoms with E-state index in [2.05, 4.69) is 10.6 Å². The van der Waals surface area contributed by atoms with Crippen molar-refractivity contribution in [3.63, 3.8) is 0 Å². The lowest BCUT2D eigenvalue weighted by Crippen LogP contribution is -2.36. The Kier molecular flexibility index (Phi) is 2.79. The van der Waals surface area contributed by atoms with Crippen LogP contribution in [0.4, 0.5) is 4.39 Å². The van der Waals surface area contributed by atoms with E-state index in [0.717, 1.165) is 30.8 Å². The summed E-state index contributed by atoms with van der Waals surface area (Å²) in [6.07, 6.45) is 0.915. The van der Waals surface area contributed by atoms with Gasteiger partial charge in [-0.15, -0.1) is 11.3 Å². The molecule has 0 radical (unpaired) electrons. The van der Waals surface area contributed by atoms with Crippen LogP contribution in [-0.4, -0.2) is 25.0 Å². The fourth-order valence-corrected chi connectivity index (χ4v) is 2.15. The minimum atomic E-state index is -0.432. The van der Waals surface area contributed by atoms with Crippen LogP contribution in [0.25, 0.3) is 0 Å². The molecule has 14 heavy (non-hydrogen) atoms. The molecule has 5 heteroatoms. The van der Waals surface area contributed by atoms with Gasteiger partial charge < -0.3 is 10.6 Å². The van der Waals surface area contributed by atoms with E-state index in [4.69, 9.17) is 0 Å². The number of hydrogen-bond donors (Lipinski definition) is 2. The van der Waals surface area contributed by atoms with Gasteiger partial charge in [0.15, 0.2) is 0 Å². The number of carbonyl (C=O) groups excluding carboxylic acids is 1. The van der Waals surface area contributed by atoms with Gasteiger partial charge in [0.05, 0.1) is 0 Å². The van der Waals surface area contributed by atoms with Gasteiger partial charge in [0.2, 0.25) is 0 Å². The van der Waals surface area contributed by atoms with Gasteiger partial charge in [0.25, 0.3) is 5.91 Å². The van der Waals surface area contributed by atoms with Gasteiger partial charge >= 0.3 is 0 Å². The van der Waals surface area contributed by atoms with Crippen molar-refractivity contribution in [1.82, 2.24) is 10.6 Å². The summed E-state index contributed by atoms with van der Waals surface area (Å²) in [4.78, 5) is 11.7. The third kappa shape index (κ3) is 1.93. The molecule has 0 aromatic carbocycles. The van der Waals surface area contributed by atoms with Crippen LogP contribution < -0.4 is 10.6 Å². The standard InChI is InChI=1S/C9H11FN2OS/c10-7-2-4-14-8(7)9(13)12-6-1-3-11-5-6/h2,4,6,11H,1,3,5H2,(H,12,13)/t6-/m1/s1. The second-order valence-corrected chi connectivity index (χ2v) is 4.18. The molecule has 2 rings (SSSR count). The second-order valence-electron chi connectivity index (χ2n) is 3.26. The molecule has 1 amide bonds. The number of thiophene rings is 1. The number of carbonyl (C=O) groups is 1. The van der Waals surface area contributed by atoms with Gasteiger partial charge in [0.1, 0.15) is 10.7 Å². The minimum Gasteiger partial charge on any atom is -0.347 e. The van der Waals surface area contributed by atoms with Crippen LogP contribution in [0.1, 0.15) is 16.1 Å². The van der Waals surface area contributed by atoms with E-state index in [0.29, 0.717) is 0 Å². The Morgan fingerprint density at radius 3 is 3.14 bits per heavy atom. The van der Waals surface area contributed by atoms with Crippen molar-refractivity contribution in [2.24, 2.45) is 0 Å². The molecule has 1 saturated heterocycles. The van der Waals surface area contributed by atoms with E-state index >= 15 is 0 Å². The Hall–Kier alpha value is -0.940. The number of halogens is 1. The minimum absolute atomic E-state index is 0.143. The Morgan fingerprint density at radius 1 is 1.71 bits per heavy atom. The van der Waals surface area contributed by atoms with Crippen LogP contribution in [0.5, 0.6) is 0 Å². The van der Waals surface area contributed by atoms with Gasteiger partial charge in [-0.2, -0.15) is 0 Å². The summed E-state index contributed by atoms with van der Waals surface area (Å²) in [5.74, 6) is -0.732. The maximum atomic E-state index is 13.0. The summed E-state index contributed by atoms with van der Waals surface area (Å²) in [7, 11) is 0. The quantitative estimate of drug-likeness (QED) is 0.770. The third-order valence-corrected chi connectivity index (χ3v) is 3.11. The van der Waals surface area contributed by atoms with Crippen LogP contribution in [-0.2, 0) is 0 Å². The Labute approximate surface area is 85.3 Å². The first-order valence-corrected chi connectivity index (χ1v) is 5.40. The van der Waals surface area contributed by atoms with E-state index in [9.17, 15) is 9.18 Å². The highest BCUT2D eigenvalue weighted by atomic mass is 32.1. The lowest BCUT2D eigenvalue weighted by Gasteiger charge is -2.09. The first-order valence-electron chi connectivity index (χ1n) is 4.52. The largest absolute Gasteiger partial charge is 0.347 e. The maximum Gasteiger partial charge on any atom is 0.264 e. The average molecular weight is 214 g/mol. The second kappa shape index (κ2) is 4.06. The van der Waals surface area contributed by atoms with Crippen molar-refractivity contribution in [3.8, 4) is 0 Å². The SMILES string of the molecule is O=C(N[C@@H]1CCNC1)c1sccc1F. The summed E-state index contributed by atoms with van der Waals surface area (Å²) in [5.41, 5.74) is 0. The molecule has 1 aromatic heterocycles. The van der Waals surface area contributed by atoms with Crippen LogP contribution in [0.2, 0.25) is 0 Å². The van der Waals surface area contributed by atoms with Crippen molar-refractivity contribution in [2.45, 2.75) is 12.5 Å². The first-order chi connectivity index (χ1) is 6.77. The van der Waals surface area contributed by atoms with Crippen LogP contribution in [0, 0.1) is 5.82 Å². The first kappa shape index (κ1) is 9.61. The molecule has 0 bridgehead atoms. The zero-order valence-corrected chi connectivity index (χ0v) is 8.36. The molecule has 3 nitrogen and oxygen atoms in total. The molecule has 0 unspecified atom stereocenters. The van der Waals surface area contributed by atoms with E-state index < -0.39 is 5.82 Å². The lowest BCUT2D eigenvalue weighted by atomic mass is 10.2. The molecule has 76 valence electrons. The molecule has 0 saturated carbocycles. The van der Waals surface area contributed by atoms with Crippen molar-refractivity contribution in [1.29, 1.82) is 0 Å². The zero-order chi connectivity index (χ0) is 9.97. The normalized spacial score (nSPS) is 21.1. The van der Waals surface area contributed by atoms with Crippen molar-refractivity contribution in [2.75, 3.05) is 13.1 Å². The van der Waals surface area contributed by atoms with Crippen molar-refractivity contribution >= 4 is 17.2 Å². The van der Waals surface area contributed by atoms with E-state index in [1.807, 2.05) is 0 Å². The maximum absolute atomic E-state index is 13.0. The Morgan fingerprint density at radius 2 is 2.57 bits per heavy atom. The van der Waals surface area contributed by atoms with Gasteiger partial charge in [-0.1, -0.05) is 0 Å². The molecule has 1 aliphatic rings. The van der Waals surface area contributed by atoms with Crippen LogP contribution in [0.3, 0.4) is 0 Å². The highest BCUT2D eigenvalue weighted by Gasteiger charge is 2.20. The van der Waals surface area contributed by atoms with E-state index in [1.165, 1.54) is 6.07 Å². The van der Waals surface area contributed by atoms with Gasteiger partial charge in [-0.3, -0.25) is 4.79 Å². The molecular weight excluding hydrogens is 203 g/mol. The summed E-state index contributed by atoms with van der Waals surface area (Å²) in [5, 5.41) is 7.50. The molecular formula is C9H11FN2OS. The molecule has 2 heterocycles. The Bertz CT molecular complexity index is 333. The Balaban J connectivity index is 1.98. The molecule has 1 aromatic rings. The summed E-state index contributed by atoms with van der Waals surface area (Å²) < 4.78 is 13.0. The molecule has 1 fully saturated rings. The average Bonchev–Trinajstić information content (AvgIpc) is 2.75. The van der Waals surface area contributed by atoms with Gasteiger partial charge in [-0.25, -0.2) is 4.39 Å². The third-order valence-electron chi connectivity index (χ3n) is 2.22. The monoisotopic (exact) mass is 214 g/mol. The summed E-state index contributed by atoms with van der Waals surface area (Å²) in [6.45, 7) is 1.69. The molecule has 1 atom stereocenters. The molecule has 0 spiro atoms. The summed E-state index contributed by atoms with van der Waals surface area (Å²) >= 11 is 1.13. The number of rotatable bonds is 2. The zero-order valence-electron chi connectivity index (χ0n) is 7.55. The number of nitrogens with one attached hydrogen (secondary N) is 2. The van der Waals surface area contributed by atoms with E-state index in [1.54, 1.807) is 5.38 Å². The lowest BCUT2D eigenvalue weighted by molar-refractivity contribution is 0.0940. The van der Waals surface area contributed by atoms with Crippen molar-refractivity contribution in [3.05, 3.63) is 22.1 Å². The van der Waals surface area contributed by atoms with Gasteiger partial charge in [0, 0.05) is 12.6 Å². The predicted molar refractivity (Wildman–Crippen MR) is 53.0 cm³/mol. The fraction of sp³-hybridized carbons (Fsp3) is 0.444. The smallest absolute Gasteiger partial charge is 0.264 e. The van der Waals surface area contributed by atoms with Crippen LogP contribution in [0.15, 0.2) is 11.4 Å². The number of hydrogen-bond acceptors (Lipinski definition) is 3. The molecule has 1 aliphatic heterocycles. The highest BCUT2D eigenvalue weighted by Crippen LogP contribution is 2.14. The topological polar surface area (TPSA) is 41.1 Å².